The van der Waals surface area contributed by atoms with Crippen LogP contribution < -0.4 is 11.4 Å². The summed E-state index contributed by atoms with van der Waals surface area (Å²) in [6, 6.07) is 13.0. The Hall–Kier alpha value is -3.27. The molecule has 0 saturated heterocycles. The second-order valence-electron chi connectivity index (χ2n) is 5.14. The van der Waals surface area contributed by atoms with Crippen molar-refractivity contribution in [2.45, 2.75) is 6.18 Å². The minimum atomic E-state index is -4.82. The molecule has 24 heavy (non-hydrogen) atoms. The molecule has 4 nitrogen and oxygen atoms in total. The van der Waals surface area contributed by atoms with Crippen LogP contribution in [-0.2, 0) is 6.18 Å². The zero-order valence-corrected chi connectivity index (χ0v) is 12.1. The summed E-state index contributed by atoms with van der Waals surface area (Å²) in [6.07, 6.45) is -4.82. The van der Waals surface area contributed by atoms with Crippen LogP contribution in [0.5, 0.6) is 0 Å². The summed E-state index contributed by atoms with van der Waals surface area (Å²) in [5.41, 5.74) is -3.24. The van der Waals surface area contributed by atoms with Gasteiger partial charge in [0.25, 0.3) is 11.2 Å². The van der Waals surface area contributed by atoms with Crippen LogP contribution in [0.4, 0.5) is 18.9 Å². The van der Waals surface area contributed by atoms with Crippen molar-refractivity contribution >= 4 is 16.5 Å². The molecule has 0 aliphatic carbocycles. The number of nitrogens with two attached hydrogens (primary N) is 1. The lowest BCUT2D eigenvalue weighted by Crippen LogP contribution is -2.30. The van der Waals surface area contributed by atoms with E-state index in [0.717, 1.165) is 16.8 Å². The van der Waals surface area contributed by atoms with E-state index < -0.39 is 23.0 Å². The number of alkyl halides is 3. The summed E-state index contributed by atoms with van der Waals surface area (Å²) in [7, 11) is 0. The Morgan fingerprint density at radius 3 is 2.33 bits per heavy atom. The molecule has 3 rings (SSSR count). The number of halogens is 3. The number of nitrogen functional groups attached to an aromatic ring is 1. The van der Waals surface area contributed by atoms with E-state index in [1.165, 1.54) is 0 Å². The molecule has 0 bridgehead atoms. The fourth-order valence-corrected chi connectivity index (χ4v) is 2.51. The van der Waals surface area contributed by atoms with Gasteiger partial charge in [-0.15, -0.1) is 0 Å². The van der Waals surface area contributed by atoms with Gasteiger partial charge in [0, 0.05) is 5.56 Å². The van der Waals surface area contributed by atoms with Gasteiger partial charge in [0.15, 0.2) is 0 Å². The fourth-order valence-electron chi connectivity index (χ4n) is 2.51. The standard InChI is InChI=1S/C17H10F3N3O/c1-22-15-13(17(18,19)20)9-14(23(21)16(15)24)12-7-6-10-4-2-3-5-11(10)8-12/h2-9H,21H2. The Balaban J connectivity index is 2.33. The first-order valence-corrected chi connectivity index (χ1v) is 6.82. The van der Waals surface area contributed by atoms with Crippen LogP contribution in [0.2, 0.25) is 0 Å². The monoisotopic (exact) mass is 329 g/mol. The maximum absolute atomic E-state index is 13.2. The largest absolute Gasteiger partial charge is 0.407 e. The van der Waals surface area contributed by atoms with Crippen LogP contribution in [0.3, 0.4) is 0 Å². The van der Waals surface area contributed by atoms with Gasteiger partial charge in [-0.2, -0.15) is 13.2 Å². The second-order valence-corrected chi connectivity index (χ2v) is 5.14. The first-order valence-electron chi connectivity index (χ1n) is 6.82. The predicted molar refractivity (Wildman–Crippen MR) is 85.1 cm³/mol. The molecule has 0 saturated carbocycles. The summed E-state index contributed by atoms with van der Waals surface area (Å²) < 4.78 is 40.1. The average molecular weight is 329 g/mol. The van der Waals surface area contributed by atoms with Crippen molar-refractivity contribution in [3.63, 3.8) is 0 Å². The van der Waals surface area contributed by atoms with Gasteiger partial charge in [0.05, 0.1) is 17.8 Å². The van der Waals surface area contributed by atoms with E-state index in [1.807, 2.05) is 12.1 Å². The Morgan fingerprint density at radius 2 is 1.71 bits per heavy atom. The van der Waals surface area contributed by atoms with Gasteiger partial charge in [-0.1, -0.05) is 36.4 Å². The van der Waals surface area contributed by atoms with Crippen molar-refractivity contribution in [2.24, 2.45) is 0 Å². The molecule has 0 aliphatic rings. The van der Waals surface area contributed by atoms with E-state index >= 15 is 0 Å². The smallest absolute Gasteiger partial charge is 0.337 e. The summed E-state index contributed by atoms with van der Waals surface area (Å²) in [4.78, 5) is 14.7. The predicted octanol–water partition coefficient (Wildman–Crippen LogP) is 3.95. The first kappa shape index (κ1) is 15.6. The maximum Gasteiger partial charge on any atom is 0.407 e. The molecule has 2 N–H and O–H groups in total. The summed E-state index contributed by atoms with van der Waals surface area (Å²) in [5.74, 6) is 5.64. The van der Waals surface area contributed by atoms with Gasteiger partial charge in [-0.25, -0.2) is 9.52 Å². The lowest BCUT2D eigenvalue weighted by atomic mass is 10.0. The lowest BCUT2D eigenvalue weighted by Gasteiger charge is -2.15. The van der Waals surface area contributed by atoms with E-state index in [4.69, 9.17) is 12.4 Å². The first-order chi connectivity index (χ1) is 11.3. The van der Waals surface area contributed by atoms with Crippen LogP contribution in [-0.4, -0.2) is 4.68 Å². The average Bonchev–Trinajstić information content (AvgIpc) is 2.55. The molecule has 0 aliphatic heterocycles. The molecule has 0 spiro atoms. The molecule has 1 heterocycles. The van der Waals surface area contributed by atoms with Crippen LogP contribution >= 0.6 is 0 Å². The van der Waals surface area contributed by atoms with Crippen molar-refractivity contribution in [1.29, 1.82) is 0 Å². The number of nitrogens with zero attached hydrogens (tertiary/aromatic N) is 2. The Bertz CT molecular complexity index is 1050. The highest BCUT2D eigenvalue weighted by Crippen LogP contribution is 2.36. The summed E-state index contributed by atoms with van der Waals surface area (Å²) in [6.45, 7) is 6.84. The molecular formula is C17H10F3N3O. The summed E-state index contributed by atoms with van der Waals surface area (Å²) in [5, 5.41) is 1.70. The van der Waals surface area contributed by atoms with E-state index in [1.54, 1.807) is 30.3 Å². The maximum atomic E-state index is 13.2. The Labute approximate surface area is 134 Å². The van der Waals surface area contributed by atoms with Crippen molar-refractivity contribution < 1.29 is 13.2 Å². The van der Waals surface area contributed by atoms with E-state index in [9.17, 15) is 18.0 Å². The third kappa shape index (κ3) is 2.48. The zero-order valence-electron chi connectivity index (χ0n) is 12.1. The highest BCUT2D eigenvalue weighted by atomic mass is 19.4. The number of pyridine rings is 1. The highest BCUT2D eigenvalue weighted by Gasteiger charge is 2.36. The molecule has 120 valence electrons. The minimum absolute atomic E-state index is 0.106. The number of aromatic nitrogens is 1. The SMILES string of the molecule is [C-]#[N+]c1c(C(F)(F)F)cc(-c2ccc3ccccc3c2)n(N)c1=O. The number of hydrogen-bond donors (Lipinski definition) is 1. The van der Waals surface area contributed by atoms with Crippen molar-refractivity contribution in [2.75, 3.05) is 5.84 Å². The minimum Gasteiger partial charge on any atom is -0.337 e. The molecule has 2 aromatic carbocycles. The van der Waals surface area contributed by atoms with Crippen LogP contribution in [0.15, 0.2) is 53.3 Å². The van der Waals surface area contributed by atoms with Gasteiger partial charge in [0.2, 0.25) is 0 Å². The number of benzene rings is 2. The molecule has 0 unspecified atom stereocenters. The normalized spacial score (nSPS) is 11.4. The Kier molecular flexibility index (Phi) is 3.53. The Morgan fingerprint density at radius 1 is 1.04 bits per heavy atom. The topological polar surface area (TPSA) is 52.4 Å². The summed E-state index contributed by atoms with van der Waals surface area (Å²) >= 11 is 0. The van der Waals surface area contributed by atoms with Crippen molar-refractivity contribution in [1.82, 2.24) is 4.68 Å². The molecule has 0 amide bonds. The molecular weight excluding hydrogens is 319 g/mol. The number of fused-ring (bicyclic) bond motifs is 1. The van der Waals surface area contributed by atoms with Gasteiger partial charge in [-0.05, 0) is 22.9 Å². The van der Waals surface area contributed by atoms with Crippen LogP contribution in [0.25, 0.3) is 26.9 Å². The number of hydrogen-bond acceptors (Lipinski definition) is 2. The fraction of sp³-hybridized carbons (Fsp3) is 0.0588. The van der Waals surface area contributed by atoms with E-state index in [0.29, 0.717) is 10.2 Å². The lowest BCUT2D eigenvalue weighted by molar-refractivity contribution is -0.136. The van der Waals surface area contributed by atoms with Gasteiger partial charge < -0.3 is 5.84 Å². The third-order valence-corrected chi connectivity index (χ3v) is 3.68. The van der Waals surface area contributed by atoms with Crippen LogP contribution in [0, 0.1) is 6.57 Å². The van der Waals surface area contributed by atoms with Crippen LogP contribution in [0.1, 0.15) is 5.56 Å². The molecule has 3 aromatic rings. The van der Waals surface area contributed by atoms with Crippen molar-refractivity contribution in [3.05, 3.63) is 75.9 Å². The van der Waals surface area contributed by atoms with E-state index in [-0.39, 0.29) is 5.69 Å². The molecule has 0 fully saturated rings. The quantitative estimate of drug-likeness (QED) is 0.543. The molecule has 0 radical (unpaired) electrons. The molecule has 0 atom stereocenters. The zero-order chi connectivity index (χ0) is 17.5. The van der Waals surface area contributed by atoms with E-state index in [2.05, 4.69) is 4.85 Å². The van der Waals surface area contributed by atoms with Gasteiger partial charge >= 0.3 is 6.18 Å². The highest BCUT2D eigenvalue weighted by molar-refractivity contribution is 5.87. The second kappa shape index (κ2) is 5.42. The number of rotatable bonds is 1. The third-order valence-electron chi connectivity index (χ3n) is 3.68. The van der Waals surface area contributed by atoms with Crippen molar-refractivity contribution in [3.8, 4) is 11.3 Å². The van der Waals surface area contributed by atoms with Gasteiger partial charge in [0.1, 0.15) is 0 Å². The van der Waals surface area contributed by atoms with Gasteiger partial charge in [-0.3, -0.25) is 4.79 Å². The molecule has 7 heteroatoms. The molecule has 1 aromatic heterocycles.